The van der Waals surface area contributed by atoms with Crippen LogP contribution in [0.15, 0.2) is 0 Å². The molecule has 98 valence electrons. The van der Waals surface area contributed by atoms with Crippen LogP contribution in [0.25, 0.3) is 0 Å². The fourth-order valence-corrected chi connectivity index (χ4v) is 3.10. The number of imide groups is 1. The van der Waals surface area contributed by atoms with Crippen molar-refractivity contribution in [2.24, 2.45) is 0 Å². The molecular formula is C13H22BrNO2. The summed E-state index contributed by atoms with van der Waals surface area (Å²) in [6.07, 6.45) is 5.22. The summed E-state index contributed by atoms with van der Waals surface area (Å²) in [7, 11) is 0. The molecule has 1 unspecified atom stereocenters. The molecule has 0 aromatic rings. The third kappa shape index (κ3) is 2.90. The Morgan fingerprint density at radius 2 is 1.94 bits per heavy atom. The van der Waals surface area contributed by atoms with E-state index in [0.29, 0.717) is 6.42 Å². The summed E-state index contributed by atoms with van der Waals surface area (Å²) in [6.45, 7) is 6.01. The van der Waals surface area contributed by atoms with Gasteiger partial charge in [-0.3, -0.25) is 14.5 Å². The van der Waals surface area contributed by atoms with Crippen molar-refractivity contribution in [3.05, 3.63) is 0 Å². The van der Waals surface area contributed by atoms with E-state index in [1.807, 2.05) is 0 Å². The van der Waals surface area contributed by atoms with E-state index >= 15 is 0 Å². The minimum Gasteiger partial charge on any atom is -0.275 e. The van der Waals surface area contributed by atoms with Crippen LogP contribution in [0.5, 0.6) is 0 Å². The Morgan fingerprint density at radius 3 is 2.35 bits per heavy atom. The van der Waals surface area contributed by atoms with Gasteiger partial charge in [0.2, 0.25) is 11.8 Å². The minimum absolute atomic E-state index is 0.00296. The summed E-state index contributed by atoms with van der Waals surface area (Å²) in [6, 6.07) is 0. The normalized spacial score (nSPS) is 20.7. The van der Waals surface area contributed by atoms with Gasteiger partial charge in [-0.25, -0.2) is 0 Å². The van der Waals surface area contributed by atoms with Gasteiger partial charge in [-0.2, -0.15) is 0 Å². The molecule has 1 aliphatic heterocycles. The second kappa shape index (κ2) is 5.98. The molecule has 2 amide bonds. The summed E-state index contributed by atoms with van der Waals surface area (Å²) in [5.74, 6) is -0.0717. The molecule has 17 heavy (non-hydrogen) atoms. The number of carbonyl (C=O) groups excluding carboxylic acids is 2. The van der Waals surface area contributed by atoms with Crippen LogP contribution in [0.4, 0.5) is 0 Å². The van der Waals surface area contributed by atoms with Crippen LogP contribution in [0, 0.1) is 0 Å². The molecule has 1 aliphatic rings. The molecule has 1 heterocycles. The minimum atomic E-state index is -0.280. The maximum Gasteiger partial charge on any atom is 0.243 e. The third-order valence-electron chi connectivity index (χ3n) is 3.52. The average molecular weight is 304 g/mol. The van der Waals surface area contributed by atoms with Gasteiger partial charge in [0.15, 0.2) is 0 Å². The monoisotopic (exact) mass is 303 g/mol. The van der Waals surface area contributed by atoms with E-state index < -0.39 is 0 Å². The number of halogens is 1. The van der Waals surface area contributed by atoms with E-state index in [0.717, 1.165) is 32.1 Å². The zero-order valence-electron chi connectivity index (χ0n) is 11.0. The molecule has 0 N–H and O–H groups in total. The lowest BCUT2D eigenvalue weighted by atomic mass is 9.86. The molecular weight excluding hydrogens is 282 g/mol. The SMILES string of the molecule is CCCC1(CCC)CCC(=O)N1C(=O)C(C)Br. The third-order valence-corrected chi connectivity index (χ3v) is 3.91. The van der Waals surface area contributed by atoms with Crippen molar-refractivity contribution in [1.29, 1.82) is 0 Å². The highest BCUT2D eigenvalue weighted by atomic mass is 79.9. The second-order valence-electron chi connectivity index (χ2n) is 4.91. The molecule has 0 spiro atoms. The first-order chi connectivity index (χ1) is 7.98. The number of hydrogen-bond acceptors (Lipinski definition) is 2. The van der Waals surface area contributed by atoms with Crippen molar-refractivity contribution in [2.45, 2.75) is 69.7 Å². The van der Waals surface area contributed by atoms with Crippen molar-refractivity contribution in [2.75, 3.05) is 0 Å². The van der Waals surface area contributed by atoms with Crippen molar-refractivity contribution < 1.29 is 9.59 Å². The number of hydrogen-bond donors (Lipinski definition) is 0. The molecule has 0 aromatic heterocycles. The molecule has 4 heteroatoms. The van der Waals surface area contributed by atoms with E-state index in [4.69, 9.17) is 0 Å². The molecule has 0 saturated carbocycles. The highest BCUT2D eigenvalue weighted by Crippen LogP contribution is 2.39. The summed E-state index contributed by atoms with van der Waals surface area (Å²) < 4.78 is 0. The van der Waals surface area contributed by atoms with E-state index in [1.165, 1.54) is 0 Å². The molecule has 1 rings (SSSR count). The smallest absolute Gasteiger partial charge is 0.243 e. The zero-order valence-corrected chi connectivity index (χ0v) is 12.5. The number of nitrogens with zero attached hydrogens (tertiary/aromatic N) is 1. The Labute approximate surface area is 112 Å². The van der Waals surface area contributed by atoms with Gasteiger partial charge in [0.1, 0.15) is 0 Å². The van der Waals surface area contributed by atoms with E-state index in [9.17, 15) is 9.59 Å². The van der Waals surface area contributed by atoms with Crippen molar-refractivity contribution in [1.82, 2.24) is 4.90 Å². The summed E-state index contributed by atoms with van der Waals surface area (Å²) in [5.41, 5.74) is -0.209. The molecule has 1 atom stereocenters. The standard InChI is InChI=1S/C13H22BrNO2/c1-4-7-13(8-5-2)9-6-11(16)15(13)12(17)10(3)14/h10H,4-9H2,1-3H3. The highest BCUT2D eigenvalue weighted by Gasteiger charge is 2.47. The Hall–Kier alpha value is -0.380. The van der Waals surface area contributed by atoms with Gasteiger partial charge in [-0.05, 0) is 26.2 Å². The zero-order chi connectivity index (χ0) is 13.1. The Bertz CT molecular complexity index is 296. The highest BCUT2D eigenvalue weighted by molar-refractivity contribution is 9.10. The first-order valence-corrected chi connectivity index (χ1v) is 7.41. The van der Waals surface area contributed by atoms with Crippen molar-refractivity contribution in [3.63, 3.8) is 0 Å². The number of rotatable bonds is 5. The van der Waals surface area contributed by atoms with Crippen LogP contribution >= 0.6 is 15.9 Å². The van der Waals surface area contributed by atoms with Crippen molar-refractivity contribution in [3.8, 4) is 0 Å². The molecule has 0 bridgehead atoms. The van der Waals surface area contributed by atoms with Crippen LogP contribution < -0.4 is 0 Å². The number of carbonyl (C=O) groups is 2. The van der Waals surface area contributed by atoms with Gasteiger partial charge < -0.3 is 0 Å². The van der Waals surface area contributed by atoms with Gasteiger partial charge in [0.05, 0.1) is 10.4 Å². The van der Waals surface area contributed by atoms with Crippen LogP contribution in [0.2, 0.25) is 0 Å². The molecule has 0 radical (unpaired) electrons. The quantitative estimate of drug-likeness (QED) is 0.731. The van der Waals surface area contributed by atoms with Crippen LogP contribution in [-0.4, -0.2) is 27.1 Å². The van der Waals surface area contributed by atoms with E-state index in [1.54, 1.807) is 11.8 Å². The number of alkyl halides is 1. The summed E-state index contributed by atoms with van der Waals surface area (Å²) in [4.78, 5) is 25.4. The molecule has 3 nitrogen and oxygen atoms in total. The number of likely N-dealkylation sites (tertiary alicyclic amines) is 1. The van der Waals surface area contributed by atoms with Gasteiger partial charge in [0.25, 0.3) is 0 Å². The van der Waals surface area contributed by atoms with E-state index in [-0.39, 0.29) is 22.2 Å². The summed E-state index contributed by atoms with van der Waals surface area (Å²) in [5, 5.41) is 0. The lowest BCUT2D eigenvalue weighted by Crippen LogP contribution is -2.51. The predicted octanol–water partition coefficient (Wildman–Crippen LogP) is 3.26. The molecule has 0 aromatic carbocycles. The molecule has 1 saturated heterocycles. The Balaban J connectivity index is 3.01. The first-order valence-electron chi connectivity index (χ1n) is 6.49. The Morgan fingerprint density at radius 1 is 1.41 bits per heavy atom. The maximum absolute atomic E-state index is 12.2. The Kier molecular flexibility index (Phi) is 5.17. The van der Waals surface area contributed by atoms with Crippen LogP contribution in [0.1, 0.15) is 59.3 Å². The summed E-state index contributed by atoms with van der Waals surface area (Å²) >= 11 is 3.29. The van der Waals surface area contributed by atoms with Gasteiger partial charge >= 0.3 is 0 Å². The van der Waals surface area contributed by atoms with E-state index in [2.05, 4.69) is 29.8 Å². The van der Waals surface area contributed by atoms with Gasteiger partial charge in [-0.1, -0.05) is 42.6 Å². The molecule has 1 fully saturated rings. The molecule has 0 aliphatic carbocycles. The fraction of sp³-hybridized carbons (Fsp3) is 0.846. The number of amides is 2. The predicted molar refractivity (Wildman–Crippen MR) is 72.0 cm³/mol. The lowest BCUT2D eigenvalue weighted by molar-refractivity contribution is -0.147. The van der Waals surface area contributed by atoms with Crippen molar-refractivity contribution >= 4 is 27.7 Å². The first kappa shape index (κ1) is 14.7. The van der Waals surface area contributed by atoms with Crippen LogP contribution in [-0.2, 0) is 9.59 Å². The maximum atomic E-state index is 12.2. The fourth-order valence-electron chi connectivity index (χ4n) is 2.89. The second-order valence-corrected chi connectivity index (χ2v) is 6.28. The van der Waals surface area contributed by atoms with Gasteiger partial charge in [0, 0.05) is 6.42 Å². The lowest BCUT2D eigenvalue weighted by Gasteiger charge is -2.37. The average Bonchev–Trinajstić information content (AvgIpc) is 2.56. The topological polar surface area (TPSA) is 37.4 Å². The van der Waals surface area contributed by atoms with Gasteiger partial charge in [-0.15, -0.1) is 0 Å². The largest absolute Gasteiger partial charge is 0.275 e. The van der Waals surface area contributed by atoms with Crippen LogP contribution in [0.3, 0.4) is 0 Å².